The average molecular weight is 343 g/mol. The maximum Gasteiger partial charge on any atom is 0.346 e. The van der Waals surface area contributed by atoms with E-state index in [2.05, 4.69) is 16.5 Å². The van der Waals surface area contributed by atoms with Crippen molar-refractivity contribution in [3.05, 3.63) is 46.6 Å². The molecule has 1 heterocycles. The second-order valence-corrected chi connectivity index (χ2v) is 6.21. The maximum absolute atomic E-state index is 12.4. The number of nitrogen functional groups attached to an aromatic ring is 1. The third-order valence-electron chi connectivity index (χ3n) is 4.43. The summed E-state index contributed by atoms with van der Waals surface area (Å²) >= 11 is 0. The van der Waals surface area contributed by atoms with Gasteiger partial charge in [-0.1, -0.05) is 29.4 Å². The van der Waals surface area contributed by atoms with Gasteiger partial charge in [0, 0.05) is 0 Å². The fraction of sp³-hybridized carbons (Fsp3) is 0.389. The Bertz CT molecular complexity index is 780. The first-order chi connectivity index (χ1) is 12.0. The number of fused-ring (bicyclic) bond motifs is 1. The minimum Gasteiger partial charge on any atom is -0.449 e. The van der Waals surface area contributed by atoms with Crippen LogP contribution in [0.1, 0.15) is 53.0 Å². The van der Waals surface area contributed by atoms with Crippen LogP contribution in [0.25, 0.3) is 0 Å². The summed E-state index contributed by atoms with van der Waals surface area (Å²) in [6.45, 7) is 3.11. The van der Waals surface area contributed by atoms with Crippen molar-refractivity contribution in [3.8, 4) is 0 Å². The van der Waals surface area contributed by atoms with Gasteiger partial charge < -0.3 is 20.3 Å². The molecule has 0 saturated heterocycles. The summed E-state index contributed by atoms with van der Waals surface area (Å²) < 4.78 is 9.96. The van der Waals surface area contributed by atoms with Crippen LogP contribution in [-0.2, 0) is 16.0 Å². The Hall–Kier alpha value is -2.83. The van der Waals surface area contributed by atoms with E-state index < -0.39 is 12.1 Å². The molecule has 132 valence electrons. The molecule has 0 radical (unpaired) electrons. The molecular formula is C18H21N3O4. The smallest absolute Gasteiger partial charge is 0.346 e. The molecular weight excluding hydrogens is 322 g/mol. The largest absolute Gasteiger partial charge is 0.449 e. The summed E-state index contributed by atoms with van der Waals surface area (Å²) in [5, 5.41) is 6.57. The number of hydrogen-bond donors (Lipinski definition) is 2. The molecule has 1 aliphatic rings. The van der Waals surface area contributed by atoms with Gasteiger partial charge in [-0.25, -0.2) is 4.79 Å². The van der Waals surface area contributed by atoms with E-state index in [0.29, 0.717) is 5.69 Å². The van der Waals surface area contributed by atoms with Crippen LogP contribution in [0.3, 0.4) is 0 Å². The highest BCUT2D eigenvalue weighted by Crippen LogP contribution is 2.29. The standard InChI is InChI=1S/C18H21N3O4/c1-10-15(16(19)25-21-10)18(23)24-11(2)17(22)20-14-9-5-7-12-6-3-4-8-13(12)14/h3-4,6,8,11,14H,5,7,9,19H2,1-2H3,(H,20,22)/t11-,14+/m0/s1. The van der Waals surface area contributed by atoms with Gasteiger partial charge in [-0.05, 0) is 44.2 Å². The van der Waals surface area contributed by atoms with Gasteiger partial charge in [-0.2, -0.15) is 0 Å². The average Bonchev–Trinajstić information content (AvgIpc) is 2.93. The molecule has 7 heteroatoms. The minimum atomic E-state index is -0.949. The van der Waals surface area contributed by atoms with Crippen LogP contribution in [0.2, 0.25) is 0 Å². The summed E-state index contributed by atoms with van der Waals surface area (Å²) in [5.74, 6) is -1.18. The number of carbonyl (C=O) groups excluding carboxylic acids is 2. The van der Waals surface area contributed by atoms with Gasteiger partial charge in [0.2, 0.25) is 5.88 Å². The van der Waals surface area contributed by atoms with Crippen LogP contribution in [0.5, 0.6) is 0 Å². The number of anilines is 1. The van der Waals surface area contributed by atoms with Crippen molar-refractivity contribution in [1.82, 2.24) is 10.5 Å². The number of nitrogens with two attached hydrogens (primary N) is 1. The second kappa shape index (κ2) is 6.96. The van der Waals surface area contributed by atoms with E-state index in [9.17, 15) is 9.59 Å². The number of rotatable bonds is 4. The van der Waals surface area contributed by atoms with Crippen LogP contribution in [-0.4, -0.2) is 23.1 Å². The molecule has 0 spiro atoms. The summed E-state index contributed by atoms with van der Waals surface area (Å²) in [7, 11) is 0. The Morgan fingerprint density at radius 3 is 2.88 bits per heavy atom. The topological polar surface area (TPSA) is 107 Å². The van der Waals surface area contributed by atoms with Gasteiger partial charge in [-0.15, -0.1) is 0 Å². The van der Waals surface area contributed by atoms with Crippen LogP contribution in [0.15, 0.2) is 28.8 Å². The first-order valence-electron chi connectivity index (χ1n) is 8.28. The normalized spacial score (nSPS) is 17.4. The number of carbonyl (C=O) groups is 2. The fourth-order valence-corrected chi connectivity index (χ4v) is 3.10. The quantitative estimate of drug-likeness (QED) is 0.825. The minimum absolute atomic E-state index is 0.0580. The number of nitrogens with zero attached hydrogens (tertiary/aromatic N) is 1. The zero-order chi connectivity index (χ0) is 18.0. The van der Waals surface area contributed by atoms with Gasteiger partial charge in [0.05, 0.1) is 11.7 Å². The lowest BCUT2D eigenvalue weighted by Crippen LogP contribution is -2.39. The lowest BCUT2D eigenvalue weighted by Gasteiger charge is -2.27. The Balaban J connectivity index is 1.65. The molecule has 1 aliphatic carbocycles. The Kier molecular flexibility index (Phi) is 4.74. The van der Waals surface area contributed by atoms with Crippen molar-refractivity contribution >= 4 is 17.8 Å². The summed E-state index contributed by atoms with van der Waals surface area (Å²) in [5.41, 5.74) is 8.33. The fourth-order valence-electron chi connectivity index (χ4n) is 3.10. The van der Waals surface area contributed by atoms with Gasteiger partial charge >= 0.3 is 5.97 Å². The molecule has 1 aromatic heterocycles. The second-order valence-electron chi connectivity index (χ2n) is 6.21. The molecule has 2 atom stereocenters. The maximum atomic E-state index is 12.4. The van der Waals surface area contributed by atoms with Crippen molar-refractivity contribution in [3.63, 3.8) is 0 Å². The molecule has 3 N–H and O–H groups in total. The van der Waals surface area contributed by atoms with Crippen LogP contribution < -0.4 is 11.1 Å². The highest BCUT2D eigenvalue weighted by molar-refractivity contribution is 5.96. The number of hydrogen-bond acceptors (Lipinski definition) is 6. The zero-order valence-electron chi connectivity index (χ0n) is 14.2. The van der Waals surface area contributed by atoms with Crippen molar-refractivity contribution in [2.75, 3.05) is 5.73 Å². The van der Waals surface area contributed by atoms with E-state index in [4.69, 9.17) is 15.0 Å². The van der Waals surface area contributed by atoms with Crippen molar-refractivity contribution < 1.29 is 18.8 Å². The monoisotopic (exact) mass is 343 g/mol. The summed E-state index contributed by atoms with van der Waals surface area (Å²) in [6.07, 6.45) is 1.93. The van der Waals surface area contributed by atoms with E-state index in [0.717, 1.165) is 24.8 Å². The van der Waals surface area contributed by atoms with Crippen LogP contribution >= 0.6 is 0 Å². The number of ether oxygens (including phenoxy) is 1. The molecule has 0 fully saturated rings. The number of benzene rings is 1. The third-order valence-corrected chi connectivity index (χ3v) is 4.43. The van der Waals surface area contributed by atoms with E-state index in [1.165, 1.54) is 12.5 Å². The lowest BCUT2D eigenvalue weighted by molar-refractivity contribution is -0.130. The molecule has 0 aliphatic heterocycles. The molecule has 25 heavy (non-hydrogen) atoms. The van der Waals surface area contributed by atoms with E-state index in [1.807, 2.05) is 18.2 Å². The SMILES string of the molecule is Cc1noc(N)c1C(=O)O[C@@H](C)C(=O)N[C@@H]1CCCc2ccccc21. The van der Waals surface area contributed by atoms with Gasteiger partial charge in [0.15, 0.2) is 6.10 Å². The Morgan fingerprint density at radius 2 is 2.16 bits per heavy atom. The number of esters is 1. The summed E-state index contributed by atoms with van der Waals surface area (Å²) in [4.78, 5) is 24.6. The molecule has 0 bridgehead atoms. The van der Waals surface area contributed by atoms with Gasteiger partial charge in [0.25, 0.3) is 5.91 Å². The Morgan fingerprint density at radius 1 is 1.40 bits per heavy atom. The molecule has 3 rings (SSSR count). The Labute approximate surface area is 145 Å². The number of aromatic nitrogens is 1. The molecule has 1 amide bonds. The predicted octanol–water partition coefficient (Wildman–Crippen LogP) is 2.30. The first kappa shape index (κ1) is 17.0. The molecule has 1 aromatic carbocycles. The molecule has 7 nitrogen and oxygen atoms in total. The molecule has 0 unspecified atom stereocenters. The number of amides is 1. The highest BCUT2D eigenvalue weighted by Gasteiger charge is 2.27. The van der Waals surface area contributed by atoms with Crippen LogP contribution in [0.4, 0.5) is 5.88 Å². The van der Waals surface area contributed by atoms with Gasteiger partial charge in [0.1, 0.15) is 5.56 Å². The van der Waals surface area contributed by atoms with E-state index in [1.54, 1.807) is 6.92 Å². The lowest BCUT2D eigenvalue weighted by atomic mass is 9.87. The van der Waals surface area contributed by atoms with Crippen molar-refractivity contribution in [2.24, 2.45) is 0 Å². The van der Waals surface area contributed by atoms with E-state index in [-0.39, 0.29) is 23.4 Å². The molecule has 2 aromatic rings. The first-order valence-corrected chi connectivity index (χ1v) is 8.28. The van der Waals surface area contributed by atoms with Gasteiger partial charge in [-0.3, -0.25) is 4.79 Å². The highest BCUT2D eigenvalue weighted by atomic mass is 16.5. The number of aryl methyl sites for hydroxylation is 2. The van der Waals surface area contributed by atoms with Crippen molar-refractivity contribution in [2.45, 2.75) is 45.3 Å². The number of nitrogens with one attached hydrogen (secondary N) is 1. The van der Waals surface area contributed by atoms with Crippen molar-refractivity contribution in [1.29, 1.82) is 0 Å². The summed E-state index contributed by atoms with van der Waals surface area (Å²) in [6, 6.07) is 8.00. The third kappa shape index (κ3) is 3.50. The molecule has 0 saturated carbocycles. The zero-order valence-corrected chi connectivity index (χ0v) is 14.2. The predicted molar refractivity (Wildman–Crippen MR) is 90.8 cm³/mol. The van der Waals surface area contributed by atoms with Crippen LogP contribution in [0, 0.1) is 6.92 Å². The van der Waals surface area contributed by atoms with E-state index >= 15 is 0 Å².